The minimum Gasteiger partial charge on any atom is -0.351 e. The molecule has 1 saturated heterocycles. The van der Waals surface area contributed by atoms with Crippen molar-refractivity contribution >= 4 is 17.2 Å². The Balaban J connectivity index is 1.62. The van der Waals surface area contributed by atoms with E-state index in [9.17, 15) is 4.79 Å². The molecule has 0 bridgehead atoms. The summed E-state index contributed by atoms with van der Waals surface area (Å²) in [6, 6.07) is 4.22. The van der Waals surface area contributed by atoms with Gasteiger partial charge in [-0.2, -0.15) is 0 Å². The molecule has 2 unspecified atom stereocenters. The van der Waals surface area contributed by atoms with Crippen LogP contribution in [-0.2, 0) is 4.79 Å². The second-order valence-corrected chi connectivity index (χ2v) is 7.79. The lowest BCUT2D eigenvalue weighted by molar-refractivity contribution is -0.133. The van der Waals surface area contributed by atoms with Gasteiger partial charge in [0.1, 0.15) is 0 Å². The third kappa shape index (κ3) is 3.66. The summed E-state index contributed by atoms with van der Waals surface area (Å²) in [6.45, 7) is 8.01. The topological polar surface area (TPSA) is 38.1 Å². The summed E-state index contributed by atoms with van der Waals surface area (Å²) in [7, 11) is 0. The lowest BCUT2D eigenvalue weighted by atomic mass is 9.98. The van der Waals surface area contributed by atoms with Crippen molar-refractivity contribution in [2.24, 2.45) is 0 Å². The molecule has 0 aromatic carbocycles. The van der Waals surface area contributed by atoms with Gasteiger partial charge in [-0.15, -0.1) is 11.3 Å². The third-order valence-corrected chi connectivity index (χ3v) is 6.01. The molecule has 0 N–H and O–H groups in total. The highest BCUT2D eigenvalue weighted by Crippen LogP contribution is 2.31. The van der Waals surface area contributed by atoms with Gasteiger partial charge in [0.25, 0.3) is 0 Å². The van der Waals surface area contributed by atoms with Crippen molar-refractivity contribution in [2.75, 3.05) is 13.1 Å². The summed E-state index contributed by atoms with van der Waals surface area (Å²) in [5, 5.41) is 1.20. The lowest BCUT2D eigenvalue weighted by Crippen LogP contribution is -2.39. The van der Waals surface area contributed by atoms with E-state index in [-0.39, 0.29) is 11.9 Å². The zero-order chi connectivity index (χ0) is 16.4. The summed E-state index contributed by atoms with van der Waals surface area (Å²) in [4.78, 5) is 20.7. The molecule has 3 heterocycles. The van der Waals surface area contributed by atoms with E-state index in [0.717, 1.165) is 31.6 Å². The number of piperidine rings is 1. The Morgan fingerprint density at radius 2 is 2.13 bits per heavy atom. The molecular weight excluding hydrogens is 306 g/mol. The quantitative estimate of drug-likeness (QED) is 0.851. The van der Waals surface area contributed by atoms with E-state index >= 15 is 0 Å². The van der Waals surface area contributed by atoms with Crippen LogP contribution in [0.5, 0.6) is 0 Å². The van der Waals surface area contributed by atoms with Gasteiger partial charge in [-0.25, -0.2) is 4.98 Å². The fourth-order valence-corrected chi connectivity index (χ4v) is 4.25. The summed E-state index contributed by atoms with van der Waals surface area (Å²) in [5.41, 5.74) is 1.13. The number of hydrogen-bond acceptors (Lipinski definition) is 3. The van der Waals surface area contributed by atoms with Gasteiger partial charge in [-0.05, 0) is 45.7 Å². The Kier molecular flexibility index (Phi) is 4.85. The van der Waals surface area contributed by atoms with Crippen molar-refractivity contribution in [2.45, 2.75) is 52.0 Å². The molecule has 124 valence electrons. The third-order valence-electron chi connectivity index (χ3n) is 4.77. The highest BCUT2D eigenvalue weighted by Gasteiger charge is 2.27. The van der Waals surface area contributed by atoms with Crippen LogP contribution >= 0.6 is 11.3 Å². The van der Waals surface area contributed by atoms with Gasteiger partial charge in [0, 0.05) is 48.7 Å². The molecular formula is C18H25N3OS. The normalized spacial score (nSPS) is 19.8. The standard InChI is InChI=1S/C18H25N3OS/c1-13(20-8-4-5-9-20)11-17(22)21-10-6-7-16(12-21)18-19-14(2)15(3)23-18/h4-5,8-9,13,16H,6-7,10-12H2,1-3H3. The van der Waals surface area contributed by atoms with Crippen molar-refractivity contribution in [3.8, 4) is 0 Å². The van der Waals surface area contributed by atoms with Crippen LogP contribution in [0.4, 0.5) is 0 Å². The van der Waals surface area contributed by atoms with E-state index in [1.807, 2.05) is 29.4 Å². The first-order valence-corrected chi connectivity index (χ1v) is 9.20. The van der Waals surface area contributed by atoms with E-state index in [1.54, 1.807) is 11.3 Å². The molecule has 1 aliphatic heterocycles. The summed E-state index contributed by atoms with van der Waals surface area (Å²) < 4.78 is 2.10. The Morgan fingerprint density at radius 1 is 1.39 bits per heavy atom. The molecule has 0 radical (unpaired) electrons. The first-order valence-electron chi connectivity index (χ1n) is 8.38. The molecule has 0 aliphatic carbocycles. The number of carbonyl (C=O) groups excluding carboxylic acids is 1. The molecule has 23 heavy (non-hydrogen) atoms. The highest BCUT2D eigenvalue weighted by atomic mass is 32.1. The number of thiazole rings is 1. The minimum atomic E-state index is 0.210. The maximum absolute atomic E-state index is 12.6. The van der Waals surface area contributed by atoms with Crippen molar-refractivity contribution in [1.82, 2.24) is 14.5 Å². The van der Waals surface area contributed by atoms with Crippen molar-refractivity contribution in [3.05, 3.63) is 40.1 Å². The second-order valence-electron chi connectivity index (χ2n) is 6.56. The average Bonchev–Trinajstić information content (AvgIpc) is 3.18. The van der Waals surface area contributed by atoms with Crippen molar-refractivity contribution in [1.29, 1.82) is 0 Å². The fraction of sp³-hybridized carbons (Fsp3) is 0.556. The predicted molar refractivity (Wildman–Crippen MR) is 93.9 cm³/mol. The van der Waals surface area contributed by atoms with Crippen LogP contribution in [0, 0.1) is 13.8 Å². The van der Waals surface area contributed by atoms with Gasteiger partial charge < -0.3 is 9.47 Å². The smallest absolute Gasteiger partial charge is 0.224 e. The largest absolute Gasteiger partial charge is 0.351 e. The molecule has 1 aliphatic rings. The van der Waals surface area contributed by atoms with E-state index < -0.39 is 0 Å². The Labute approximate surface area is 142 Å². The molecule has 2 aromatic rings. The number of amides is 1. The molecule has 5 heteroatoms. The maximum atomic E-state index is 12.6. The van der Waals surface area contributed by atoms with Gasteiger partial charge in [0.05, 0.1) is 10.7 Å². The van der Waals surface area contributed by atoms with E-state index in [0.29, 0.717) is 12.3 Å². The highest BCUT2D eigenvalue weighted by molar-refractivity contribution is 7.11. The Hall–Kier alpha value is -1.62. The molecule has 2 atom stereocenters. The summed E-state index contributed by atoms with van der Waals surface area (Å²) >= 11 is 1.79. The van der Waals surface area contributed by atoms with Crippen molar-refractivity contribution < 1.29 is 4.79 Å². The van der Waals surface area contributed by atoms with Crippen LogP contribution in [0.1, 0.15) is 53.7 Å². The summed E-state index contributed by atoms with van der Waals surface area (Å²) in [5.74, 6) is 0.674. The fourth-order valence-electron chi connectivity index (χ4n) is 3.21. The SMILES string of the molecule is Cc1nc(C2CCCN(C(=O)CC(C)n3cccc3)C2)sc1C. The Bertz CT molecular complexity index is 642. The molecule has 1 fully saturated rings. The van der Waals surface area contributed by atoms with Crippen LogP contribution in [0.2, 0.25) is 0 Å². The molecule has 0 spiro atoms. The molecule has 2 aromatic heterocycles. The number of hydrogen-bond donors (Lipinski definition) is 0. The first kappa shape index (κ1) is 16.2. The van der Waals surface area contributed by atoms with Gasteiger partial charge in [0.15, 0.2) is 0 Å². The molecule has 1 amide bonds. The number of nitrogens with zero attached hydrogens (tertiary/aromatic N) is 3. The van der Waals surface area contributed by atoms with E-state index in [2.05, 4.69) is 25.3 Å². The minimum absolute atomic E-state index is 0.210. The van der Waals surface area contributed by atoms with Crippen LogP contribution in [0.15, 0.2) is 24.5 Å². The van der Waals surface area contributed by atoms with Gasteiger partial charge in [-0.1, -0.05) is 0 Å². The second kappa shape index (κ2) is 6.87. The number of likely N-dealkylation sites (tertiary alicyclic amines) is 1. The summed E-state index contributed by atoms with van der Waals surface area (Å²) in [6.07, 6.45) is 6.84. The van der Waals surface area contributed by atoms with Crippen LogP contribution in [-0.4, -0.2) is 33.4 Å². The number of rotatable bonds is 4. The average molecular weight is 331 g/mol. The number of carbonyl (C=O) groups is 1. The molecule has 4 nitrogen and oxygen atoms in total. The van der Waals surface area contributed by atoms with E-state index in [4.69, 9.17) is 4.98 Å². The zero-order valence-electron chi connectivity index (χ0n) is 14.2. The first-order chi connectivity index (χ1) is 11.0. The van der Waals surface area contributed by atoms with Gasteiger partial charge in [-0.3, -0.25) is 4.79 Å². The molecule has 0 saturated carbocycles. The number of aromatic nitrogens is 2. The van der Waals surface area contributed by atoms with Gasteiger partial charge in [0.2, 0.25) is 5.91 Å². The maximum Gasteiger partial charge on any atom is 0.224 e. The predicted octanol–water partition coefficient (Wildman–Crippen LogP) is 3.92. The van der Waals surface area contributed by atoms with Crippen molar-refractivity contribution in [3.63, 3.8) is 0 Å². The lowest BCUT2D eigenvalue weighted by Gasteiger charge is -2.32. The van der Waals surface area contributed by atoms with E-state index in [1.165, 1.54) is 9.88 Å². The van der Waals surface area contributed by atoms with Crippen LogP contribution in [0.3, 0.4) is 0 Å². The number of aryl methyl sites for hydroxylation is 2. The Morgan fingerprint density at radius 3 is 2.78 bits per heavy atom. The van der Waals surface area contributed by atoms with Crippen LogP contribution < -0.4 is 0 Å². The zero-order valence-corrected chi connectivity index (χ0v) is 15.0. The van der Waals surface area contributed by atoms with Crippen LogP contribution in [0.25, 0.3) is 0 Å². The molecule has 3 rings (SSSR count). The monoisotopic (exact) mass is 331 g/mol. The van der Waals surface area contributed by atoms with Gasteiger partial charge >= 0.3 is 0 Å².